The number of hydrogen-bond donors (Lipinski definition) is 1. The zero-order valence-electron chi connectivity index (χ0n) is 25.6. The molecule has 0 saturated carbocycles. The number of aryl methyl sites for hydroxylation is 2. The Hall–Kier alpha value is -4.37. The number of fused-ring (bicyclic) bond motifs is 2. The van der Waals surface area contributed by atoms with E-state index < -0.39 is 17.7 Å². The van der Waals surface area contributed by atoms with E-state index in [-0.39, 0.29) is 17.4 Å². The summed E-state index contributed by atoms with van der Waals surface area (Å²) in [6.45, 7) is 10.9. The number of amides is 1. The maximum Gasteiger partial charge on any atom is 0.301 e. The van der Waals surface area contributed by atoms with Gasteiger partial charge in [0.2, 0.25) is 0 Å². The van der Waals surface area contributed by atoms with Gasteiger partial charge in [0.1, 0.15) is 17.6 Å². The fourth-order valence-corrected chi connectivity index (χ4v) is 7.11. The van der Waals surface area contributed by atoms with Crippen LogP contribution < -0.4 is 19.1 Å². The van der Waals surface area contributed by atoms with Crippen molar-refractivity contribution in [1.82, 2.24) is 4.98 Å². The Labute approximate surface area is 260 Å². The van der Waals surface area contributed by atoms with Crippen molar-refractivity contribution >= 4 is 44.1 Å². The second-order valence-electron chi connectivity index (χ2n) is 11.4. The van der Waals surface area contributed by atoms with E-state index in [0.29, 0.717) is 47.4 Å². The lowest BCUT2D eigenvalue weighted by atomic mass is 9.94. The topological polar surface area (TPSA) is 98.2 Å². The molecule has 0 unspecified atom stereocenters. The van der Waals surface area contributed by atoms with Gasteiger partial charge >= 0.3 is 5.91 Å². The van der Waals surface area contributed by atoms with Gasteiger partial charge < -0.3 is 19.3 Å². The lowest BCUT2D eigenvalue weighted by Crippen LogP contribution is -2.29. The number of ether oxygens (including phenoxy) is 3. The van der Waals surface area contributed by atoms with Crippen molar-refractivity contribution in [2.75, 3.05) is 18.1 Å². The van der Waals surface area contributed by atoms with Crippen molar-refractivity contribution < 1.29 is 28.9 Å². The van der Waals surface area contributed by atoms with E-state index in [1.807, 2.05) is 52.0 Å². The van der Waals surface area contributed by atoms with E-state index >= 15 is 0 Å². The van der Waals surface area contributed by atoms with Crippen molar-refractivity contribution in [2.45, 2.75) is 66.0 Å². The minimum absolute atomic E-state index is 0.00354. The SMILES string of the molecule is CCCCOc1ccc([C@@H]2/C(=C(\O)c3ccc4c(c3)C[C@@H](C)O4)C(=O)C(=O)N2c2nc3c(C)cc(C)cc3s2)cc1OCC. The van der Waals surface area contributed by atoms with E-state index in [9.17, 15) is 14.7 Å². The van der Waals surface area contributed by atoms with E-state index in [4.69, 9.17) is 19.2 Å². The van der Waals surface area contributed by atoms with Crippen molar-refractivity contribution in [3.8, 4) is 17.2 Å². The number of unbranched alkanes of at least 4 members (excludes halogenated alkanes) is 1. The largest absolute Gasteiger partial charge is 0.507 e. The first-order valence-corrected chi connectivity index (χ1v) is 15.9. The molecule has 8 nitrogen and oxygen atoms in total. The molecule has 1 fully saturated rings. The smallest absolute Gasteiger partial charge is 0.301 e. The summed E-state index contributed by atoms with van der Waals surface area (Å²) in [7, 11) is 0. The molecule has 9 heteroatoms. The molecule has 0 spiro atoms. The quantitative estimate of drug-likeness (QED) is 0.0908. The molecule has 44 heavy (non-hydrogen) atoms. The van der Waals surface area contributed by atoms with Crippen molar-refractivity contribution in [2.24, 2.45) is 0 Å². The highest BCUT2D eigenvalue weighted by Gasteiger charge is 2.48. The molecule has 1 amide bonds. The highest BCUT2D eigenvalue weighted by molar-refractivity contribution is 7.22. The van der Waals surface area contributed by atoms with Crippen LogP contribution in [0.4, 0.5) is 5.13 Å². The maximum absolute atomic E-state index is 13.9. The molecule has 2 atom stereocenters. The molecule has 0 radical (unpaired) electrons. The van der Waals surface area contributed by atoms with Crippen LogP contribution in [0.15, 0.2) is 54.1 Å². The highest BCUT2D eigenvalue weighted by Crippen LogP contribution is 2.46. The van der Waals surface area contributed by atoms with Gasteiger partial charge in [-0.1, -0.05) is 36.8 Å². The predicted octanol–water partition coefficient (Wildman–Crippen LogP) is 7.44. The summed E-state index contributed by atoms with van der Waals surface area (Å²) in [5.41, 5.74) is 4.83. The predicted molar refractivity (Wildman–Crippen MR) is 172 cm³/mol. The molecule has 228 valence electrons. The Kier molecular flexibility index (Phi) is 8.07. The van der Waals surface area contributed by atoms with Gasteiger partial charge in [-0.15, -0.1) is 0 Å². The number of carbonyl (C=O) groups is 2. The van der Waals surface area contributed by atoms with Crippen LogP contribution in [0.3, 0.4) is 0 Å². The summed E-state index contributed by atoms with van der Waals surface area (Å²) < 4.78 is 18.7. The number of nitrogens with zero attached hydrogens (tertiary/aromatic N) is 2. The molecule has 1 saturated heterocycles. The van der Waals surface area contributed by atoms with Crippen molar-refractivity contribution in [1.29, 1.82) is 0 Å². The first kappa shape index (κ1) is 29.7. The van der Waals surface area contributed by atoms with Gasteiger partial charge in [0.25, 0.3) is 5.78 Å². The van der Waals surface area contributed by atoms with E-state index in [2.05, 4.69) is 6.92 Å². The Morgan fingerprint density at radius 3 is 2.66 bits per heavy atom. The summed E-state index contributed by atoms with van der Waals surface area (Å²) in [6.07, 6.45) is 2.60. The fraction of sp³-hybridized carbons (Fsp3) is 0.343. The van der Waals surface area contributed by atoms with Gasteiger partial charge in [0.15, 0.2) is 16.6 Å². The van der Waals surface area contributed by atoms with Gasteiger partial charge in [-0.05, 0) is 92.8 Å². The van der Waals surface area contributed by atoms with Crippen LogP contribution in [0.2, 0.25) is 0 Å². The van der Waals surface area contributed by atoms with E-state index in [0.717, 1.165) is 45.5 Å². The van der Waals surface area contributed by atoms with Crippen molar-refractivity contribution in [3.05, 3.63) is 81.9 Å². The zero-order chi connectivity index (χ0) is 31.1. The Bertz CT molecular complexity index is 1810. The number of anilines is 1. The molecule has 2 aliphatic rings. The third-order valence-corrected chi connectivity index (χ3v) is 8.98. The molecular formula is C35H36N2O6S. The first-order chi connectivity index (χ1) is 21.2. The van der Waals surface area contributed by atoms with Crippen LogP contribution in [-0.2, 0) is 16.0 Å². The second kappa shape index (κ2) is 12.0. The molecule has 1 aromatic heterocycles. The number of aliphatic hydroxyl groups is 1. The lowest BCUT2D eigenvalue weighted by molar-refractivity contribution is -0.132. The average Bonchev–Trinajstić information content (AvgIpc) is 3.66. The van der Waals surface area contributed by atoms with Gasteiger partial charge in [-0.3, -0.25) is 14.5 Å². The summed E-state index contributed by atoms with van der Waals surface area (Å²) in [4.78, 5) is 34.0. The average molecular weight is 613 g/mol. The van der Waals surface area contributed by atoms with Gasteiger partial charge in [0.05, 0.1) is 35.0 Å². The highest BCUT2D eigenvalue weighted by atomic mass is 32.1. The number of Topliss-reactive ketones (excluding diaryl/α,β-unsaturated/α-hetero) is 1. The van der Waals surface area contributed by atoms with E-state index in [1.54, 1.807) is 24.3 Å². The second-order valence-corrected chi connectivity index (χ2v) is 12.4. The molecule has 0 bridgehead atoms. The Morgan fingerprint density at radius 2 is 1.89 bits per heavy atom. The third kappa shape index (κ3) is 5.30. The van der Waals surface area contributed by atoms with Crippen LogP contribution in [0, 0.1) is 13.8 Å². The zero-order valence-corrected chi connectivity index (χ0v) is 26.4. The molecule has 0 aliphatic carbocycles. The monoisotopic (exact) mass is 612 g/mol. The summed E-state index contributed by atoms with van der Waals surface area (Å²) in [6, 6.07) is 13.9. The molecule has 3 aromatic carbocycles. The molecule has 6 rings (SSSR count). The van der Waals surface area contributed by atoms with Gasteiger partial charge in [-0.25, -0.2) is 4.98 Å². The standard InChI is InChI=1S/C35H36N2O6S/c1-6-8-13-42-26-12-9-22(18-27(26)41-7-2)31-29(32(38)23-10-11-25-24(17-23)16-21(5)43-25)33(39)34(40)37(31)35-36-30-20(4)14-19(3)15-28(30)44-35/h9-12,14-15,17-18,21,31,38H,6-8,13,16H2,1-5H3/b32-29+/t21-,31-/m1/s1. The number of carbonyl (C=O) groups excluding carboxylic acids is 2. The number of ketones is 1. The van der Waals surface area contributed by atoms with Crippen LogP contribution in [-0.4, -0.2) is 41.1 Å². The molecule has 1 N–H and O–H groups in total. The number of hydrogen-bond acceptors (Lipinski definition) is 8. The number of benzene rings is 3. The Balaban J connectivity index is 1.53. The van der Waals surface area contributed by atoms with Gasteiger partial charge in [-0.2, -0.15) is 0 Å². The Morgan fingerprint density at radius 1 is 1.07 bits per heavy atom. The number of aliphatic hydroxyl groups excluding tert-OH is 1. The molecule has 2 aliphatic heterocycles. The maximum atomic E-state index is 13.9. The normalized spacial score (nSPS) is 19.0. The number of thiazole rings is 1. The fourth-order valence-electron chi connectivity index (χ4n) is 5.94. The summed E-state index contributed by atoms with van der Waals surface area (Å²) in [5, 5.41) is 12.1. The first-order valence-electron chi connectivity index (χ1n) is 15.1. The van der Waals surface area contributed by atoms with Crippen LogP contribution in [0.1, 0.15) is 67.5 Å². The molecular weight excluding hydrogens is 576 g/mol. The number of rotatable bonds is 9. The summed E-state index contributed by atoms with van der Waals surface area (Å²) in [5.74, 6) is 0.0834. The molecule has 4 aromatic rings. The lowest BCUT2D eigenvalue weighted by Gasteiger charge is -2.24. The number of aromatic nitrogens is 1. The summed E-state index contributed by atoms with van der Waals surface area (Å²) >= 11 is 1.35. The van der Waals surface area contributed by atoms with Crippen LogP contribution >= 0.6 is 11.3 Å². The minimum Gasteiger partial charge on any atom is -0.507 e. The van der Waals surface area contributed by atoms with Crippen molar-refractivity contribution in [3.63, 3.8) is 0 Å². The van der Waals surface area contributed by atoms with Crippen LogP contribution in [0.25, 0.3) is 16.0 Å². The molecule has 3 heterocycles. The van der Waals surface area contributed by atoms with Crippen LogP contribution in [0.5, 0.6) is 17.2 Å². The van der Waals surface area contributed by atoms with Gasteiger partial charge in [0, 0.05) is 12.0 Å². The van der Waals surface area contributed by atoms with E-state index in [1.165, 1.54) is 16.2 Å². The minimum atomic E-state index is -0.940. The third-order valence-electron chi connectivity index (χ3n) is 7.98.